The van der Waals surface area contributed by atoms with E-state index in [0.29, 0.717) is 24.8 Å². The summed E-state index contributed by atoms with van der Waals surface area (Å²) >= 11 is 0. The predicted molar refractivity (Wildman–Crippen MR) is 118 cm³/mol. The summed E-state index contributed by atoms with van der Waals surface area (Å²) in [7, 11) is 0. The Morgan fingerprint density at radius 2 is 2.03 bits per heavy atom. The summed E-state index contributed by atoms with van der Waals surface area (Å²) in [4.78, 5) is 20.0. The monoisotopic (exact) mass is 416 g/mol. The Morgan fingerprint density at radius 1 is 1.13 bits per heavy atom. The Bertz CT molecular complexity index is 1100. The number of fused-ring (bicyclic) bond motifs is 1. The highest BCUT2D eigenvalue weighted by molar-refractivity contribution is 5.93. The number of rotatable bonds is 7. The van der Waals surface area contributed by atoms with Gasteiger partial charge in [-0.25, -0.2) is 9.78 Å². The van der Waals surface area contributed by atoms with Gasteiger partial charge in [-0.1, -0.05) is 12.1 Å². The van der Waals surface area contributed by atoms with Crippen LogP contribution >= 0.6 is 0 Å². The van der Waals surface area contributed by atoms with Gasteiger partial charge in [-0.2, -0.15) is 0 Å². The number of hydrogen-bond acceptors (Lipinski definition) is 6. The van der Waals surface area contributed by atoms with Gasteiger partial charge in [0.05, 0.1) is 24.1 Å². The fourth-order valence-corrected chi connectivity index (χ4v) is 3.99. The van der Waals surface area contributed by atoms with E-state index < -0.39 is 5.97 Å². The zero-order chi connectivity index (χ0) is 21.2. The average molecular weight is 416 g/mol. The van der Waals surface area contributed by atoms with Crippen LogP contribution in [0, 0.1) is 0 Å². The van der Waals surface area contributed by atoms with Crippen LogP contribution in [0.3, 0.4) is 0 Å². The third-order valence-corrected chi connectivity index (χ3v) is 5.88. The zero-order valence-electron chi connectivity index (χ0n) is 17.0. The van der Waals surface area contributed by atoms with E-state index in [1.165, 1.54) is 30.7 Å². The van der Waals surface area contributed by atoms with Crippen LogP contribution < -0.4 is 15.4 Å². The number of benzene rings is 1. The fraction of sp³-hybridized carbons (Fsp3) is 0.292. The van der Waals surface area contributed by atoms with Crippen LogP contribution in [0.25, 0.3) is 0 Å². The van der Waals surface area contributed by atoms with Gasteiger partial charge in [0.2, 0.25) is 0 Å². The third kappa shape index (κ3) is 4.30. The number of aromatic nitrogens is 2. The second-order valence-corrected chi connectivity index (χ2v) is 8.07. The van der Waals surface area contributed by atoms with Crippen LogP contribution in [0.1, 0.15) is 52.6 Å². The molecule has 0 radical (unpaired) electrons. The largest absolute Gasteiger partial charge is 0.493 e. The molecule has 1 fully saturated rings. The molecule has 3 N–H and O–H groups in total. The lowest BCUT2D eigenvalue weighted by Crippen LogP contribution is -2.21. The number of nitrogens with one attached hydrogen (secondary N) is 2. The van der Waals surface area contributed by atoms with Gasteiger partial charge in [-0.05, 0) is 54.5 Å². The minimum Gasteiger partial charge on any atom is -0.493 e. The highest BCUT2D eigenvalue weighted by atomic mass is 16.5. The van der Waals surface area contributed by atoms with Crippen LogP contribution in [0.2, 0.25) is 0 Å². The number of ether oxygens (including phenoxy) is 1. The Hall–Kier alpha value is -3.61. The number of carboxylic acids is 1. The minimum absolute atomic E-state index is 0.218. The van der Waals surface area contributed by atoms with Crippen molar-refractivity contribution in [3.63, 3.8) is 0 Å². The van der Waals surface area contributed by atoms with Crippen LogP contribution in [-0.2, 0) is 0 Å². The number of carboxylic acid groups (broad SMARTS) is 1. The second-order valence-electron chi connectivity index (χ2n) is 8.07. The second kappa shape index (κ2) is 8.26. The van der Waals surface area contributed by atoms with Crippen molar-refractivity contribution >= 4 is 23.2 Å². The molecular formula is C24H24N4O3. The molecule has 1 aromatic carbocycles. The Labute approximate surface area is 180 Å². The number of nitrogens with zero attached hydrogens (tertiary/aromatic N) is 2. The van der Waals surface area contributed by atoms with Gasteiger partial charge in [0.15, 0.2) is 0 Å². The molecule has 3 aromatic rings. The first-order chi connectivity index (χ1) is 15.2. The van der Waals surface area contributed by atoms with Crippen molar-refractivity contribution in [2.75, 3.05) is 23.8 Å². The van der Waals surface area contributed by atoms with Crippen molar-refractivity contribution in [2.24, 2.45) is 0 Å². The molecule has 0 unspecified atom stereocenters. The number of aromatic carboxylic acids is 1. The molecule has 1 aliphatic heterocycles. The van der Waals surface area contributed by atoms with E-state index in [2.05, 4.69) is 32.7 Å². The number of hydrogen-bond donors (Lipinski definition) is 3. The summed E-state index contributed by atoms with van der Waals surface area (Å²) in [5.41, 5.74) is 4.11. The van der Waals surface area contributed by atoms with E-state index in [0.717, 1.165) is 29.2 Å². The molecular weight excluding hydrogens is 392 g/mol. The van der Waals surface area contributed by atoms with Crippen LogP contribution in [-0.4, -0.2) is 34.2 Å². The summed E-state index contributed by atoms with van der Waals surface area (Å²) in [6, 6.07) is 11.8. The predicted octanol–water partition coefficient (Wildman–Crippen LogP) is 4.77. The summed E-state index contributed by atoms with van der Waals surface area (Å²) in [6.45, 7) is 1.23. The molecule has 2 aliphatic rings. The van der Waals surface area contributed by atoms with Gasteiger partial charge in [0.1, 0.15) is 11.6 Å². The van der Waals surface area contributed by atoms with E-state index in [-0.39, 0.29) is 11.5 Å². The van der Waals surface area contributed by atoms with Crippen molar-refractivity contribution in [3.8, 4) is 5.75 Å². The van der Waals surface area contributed by atoms with Gasteiger partial charge in [0, 0.05) is 36.6 Å². The number of anilines is 3. The quantitative estimate of drug-likeness (QED) is 0.510. The molecule has 158 valence electrons. The molecule has 31 heavy (non-hydrogen) atoms. The van der Waals surface area contributed by atoms with Crippen LogP contribution in [0.5, 0.6) is 5.75 Å². The number of pyridine rings is 2. The van der Waals surface area contributed by atoms with E-state index in [4.69, 9.17) is 4.74 Å². The maximum atomic E-state index is 11.4. The lowest BCUT2D eigenvalue weighted by Gasteiger charge is -2.27. The van der Waals surface area contributed by atoms with Crippen LogP contribution in [0.4, 0.5) is 17.2 Å². The SMILES string of the molecule is O=C(O)c1ccncc1NC[C@@H]1CCOc2cc(Nc3ccc(C4CC4)cn3)ccc21. The summed E-state index contributed by atoms with van der Waals surface area (Å²) in [6.07, 6.45) is 8.40. The van der Waals surface area contributed by atoms with Gasteiger partial charge < -0.3 is 20.5 Å². The molecule has 3 heterocycles. The van der Waals surface area contributed by atoms with Crippen molar-refractivity contribution in [1.29, 1.82) is 0 Å². The van der Waals surface area contributed by atoms with Gasteiger partial charge in [0.25, 0.3) is 0 Å². The van der Waals surface area contributed by atoms with E-state index in [1.54, 1.807) is 6.20 Å². The van der Waals surface area contributed by atoms with Gasteiger partial charge in [-0.15, -0.1) is 0 Å². The molecule has 1 saturated carbocycles. The van der Waals surface area contributed by atoms with E-state index >= 15 is 0 Å². The first-order valence-corrected chi connectivity index (χ1v) is 10.6. The summed E-state index contributed by atoms with van der Waals surface area (Å²) in [5.74, 6) is 1.61. The highest BCUT2D eigenvalue weighted by Gasteiger charge is 2.24. The maximum absolute atomic E-state index is 11.4. The van der Waals surface area contributed by atoms with E-state index in [9.17, 15) is 9.90 Å². The smallest absolute Gasteiger partial charge is 0.337 e. The zero-order valence-corrected chi connectivity index (χ0v) is 17.0. The Morgan fingerprint density at radius 3 is 2.81 bits per heavy atom. The first-order valence-electron chi connectivity index (χ1n) is 10.6. The van der Waals surface area contributed by atoms with Gasteiger partial charge in [-0.3, -0.25) is 4.98 Å². The lowest BCUT2D eigenvalue weighted by molar-refractivity contribution is 0.0697. The Balaban J connectivity index is 1.28. The summed E-state index contributed by atoms with van der Waals surface area (Å²) in [5, 5.41) is 16.0. The summed E-state index contributed by atoms with van der Waals surface area (Å²) < 4.78 is 5.91. The standard InChI is InChI=1S/C24H24N4O3/c29-24(30)20-7-9-25-14-21(20)26-13-17-8-10-31-22-11-18(4-5-19(17)22)28-23-6-3-16(12-27-23)15-1-2-15/h3-7,9,11-12,14-15,17,26H,1-2,8,10,13H2,(H,27,28)(H,29,30)/t17-/m0/s1. The normalized spacial score (nSPS) is 17.4. The molecule has 0 amide bonds. The first kappa shape index (κ1) is 19.4. The van der Waals surface area contributed by atoms with E-state index in [1.807, 2.05) is 24.4 Å². The average Bonchev–Trinajstić information content (AvgIpc) is 3.63. The van der Waals surface area contributed by atoms with Crippen molar-refractivity contribution in [1.82, 2.24) is 9.97 Å². The minimum atomic E-state index is -0.966. The molecule has 1 aliphatic carbocycles. The van der Waals surface area contributed by atoms with Crippen molar-refractivity contribution < 1.29 is 14.6 Å². The highest BCUT2D eigenvalue weighted by Crippen LogP contribution is 2.40. The maximum Gasteiger partial charge on any atom is 0.337 e. The molecule has 0 saturated heterocycles. The van der Waals surface area contributed by atoms with Gasteiger partial charge >= 0.3 is 5.97 Å². The number of carbonyl (C=O) groups is 1. The molecule has 1 atom stereocenters. The lowest BCUT2D eigenvalue weighted by atomic mass is 9.92. The molecule has 0 spiro atoms. The Kier molecular flexibility index (Phi) is 5.16. The molecule has 0 bridgehead atoms. The molecule has 5 rings (SSSR count). The molecule has 7 nitrogen and oxygen atoms in total. The fourth-order valence-electron chi connectivity index (χ4n) is 3.99. The topological polar surface area (TPSA) is 96.4 Å². The molecule has 7 heteroatoms. The van der Waals surface area contributed by atoms with Crippen LogP contribution in [0.15, 0.2) is 55.0 Å². The van der Waals surface area contributed by atoms with Crippen molar-refractivity contribution in [2.45, 2.75) is 31.1 Å². The molecule has 2 aromatic heterocycles. The van der Waals surface area contributed by atoms with Crippen molar-refractivity contribution in [3.05, 3.63) is 71.7 Å². The third-order valence-electron chi connectivity index (χ3n) is 5.88.